The number of halogens is 1. The monoisotopic (exact) mass is 445 g/mol. The minimum absolute atomic E-state index is 0.0165. The quantitative estimate of drug-likeness (QED) is 0.279. The first-order chi connectivity index (χ1) is 15.5. The standard InChI is InChI=1S/C25H20ClN3O3/c26-17-7-4-15(5-8-17)24-21-3-1-2-20(21)22-14-16(6-13-23(22)28-24)25(30)27-18-9-11-19(12-10-18)29(31)32/h1-2,4-14,20-21,24,28H,3H2,(H,27,30)/t20-,21-,24+/m1/s1. The van der Waals surface area contributed by atoms with Gasteiger partial charge in [0.25, 0.3) is 11.6 Å². The van der Waals surface area contributed by atoms with Gasteiger partial charge in [-0.2, -0.15) is 0 Å². The smallest absolute Gasteiger partial charge is 0.269 e. The van der Waals surface area contributed by atoms with E-state index >= 15 is 0 Å². The molecule has 2 N–H and O–H groups in total. The molecule has 0 fully saturated rings. The summed E-state index contributed by atoms with van der Waals surface area (Å²) >= 11 is 6.07. The number of carbonyl (C=O) groups is 1. The van der Waals surface area contributed by atoms with Crippen LogP contribution in [0, 0.1) is 16.0 Å². The van der Waals surface area contributed by atoms with Crippen LogP contribution in [0.1, 0.15) is 39.9 Å². The molecule has 32 heavy (non-hydrogen) atoms. The number of anilines is 2. The van der Waals surface area contributed by atoms with Crippen LogP contribution in [0.25, 0.3) is 0 Å². The Morgan fingerprint density at radius 2 is 1.81 bits per heavy atom. The molecular weight excluding hydrogens is 426 g/mol. The maximum atomic E-state index is 12.8. The van der Waals surface area contributed by atoms with Crippen LogP contribution >= 0.6 is 11.6 Å². The average Bonchev–Trinajstić information content (AvgIpc) is 3.29. The van der Waals surface area contributed by atoms with Gasteiger partial charge in [0.05, 0.1) is 11.0 Å². The highest BCUT2D eigenvalue weighted by Crippen LogP contribution is 2.50. The number of nitrogens with zero attached hydrogens (tertiary/aromatic N) is 1. The number of carbonyl (C=O) groups excluding carboxylic acids is 1. The molecule has 6 nitrogen and oxygen atoms in total. The lowest BCUT2D eigenvalue weighted by atomic mass is 9.76. The zero-order valence-electron chi connectivity index (χ0n) is 17.0. The van der Waals surface area contributed by atoms with Crippen molar-refractivity contribution in [2.45, 2.75) is 18.4 Å². The molecule has 2 aliphatic rings. The zero-order chi connectivity index (χ0) is 22.2. The molecule has 0 aromatic heterocycles. The number of rotatable bonds is 4. The maximum Gasteiger partial charge on any atom is 0.269 e. The Balaban J connectivity index is 1.40. The molecule has 3 atom stereocenters. The van der Waals surface area contributed by atoms with Crippen molar-refractivity contribution in [3.8, 4) is 0 Å². The third-order valence-corrected chi connectivity index (χ3v) is 6.44. The lowest BCUT2D eigenvalue weighted by Gasteiger charge is -2.37. The number of nitrogens with one attached hydrogen (secondary N) is 2. The molecule has 0 saturated heterocycles. The van der Waals surface area contributed by atoms with Crippen molar-refractivity contribution < 1.29 is 9.72 Å². The number of hydrogen-bond acceptors (Lipinski definition) is 4. The second kappa shape index (κ2) is 8.13. The molecule has 160 valence electrons. The first-order valence-electron chi connectivity index (χ1n) is 10.4. The molecule has 3 aromatic carbocycles. The topological polar surface area (TPSA) is 84.3 Å². The van der Waals surface area contributed by atoms with E-state index in [1.807, 2.05) is 24.3 Å². The largest absolute Gasteiger partial charge is 0.378 e. The van der Waals surface area contributed by atoms with E-state index in [1.165, 1.54) is 29.8 Å². The summed E-state index contributed by atoms with van der Waals surface area (Å²) in [5.74, 6) is 0.329. The van der Waals surface area contributed by atoms with E-state index in [4.69, 9.17) is 11.6 Å². The third-order valence-electron chi connectivity index (χ3n) is 6.19. The number of allylic oxidation sites excluding steroid dienone is 2. The minimum atomic E-state index is -0.467. The molecule has 1 heterocycles. The van der Waals surface area contributed by atoms with Crippen molar-refractivity contribution in [2.24, 2.45) is 5.92 Å². The van der Waals surface area contributed by atoms with E-state index in [9.17, 15) is 14.9 Å². The highest BCUT2D eigenvalue weighted by molar-refractivity contribution is 6.30. The van der Waals surface area contributed by atoms with Gasteiger partial charge in [0, 0.05) is 40.0 Å². The van der Waals surface area contributed by atoms with Gasteiger partial charge in [-0.3, -0.25) is 14.9 Å². The van der Waals surface area contributed by atoms with E-state index in [0.29, 0.717) is 17.2 Å². The summed E-state index contributed by atoms with van der Waals surface area (Å²) in [6.45, 7) is 0. The van der Waals surface area contributed by atoms with Gasteiger partial charge in [-0.15, -0.1) is 0 Å². The molecule has 1 aliphatic heterocycles. The Kier molecular flexibility index (Phi) is 5.15. The number of non-ortho nitro benzene ring substituents is 1. The van der Waals surface area contributed by atoms with Crippen LogP contribution in [-0.2, 0) is 0 Å². The normalized spacial score (nSPS) is 20.7. The van der Waals surface area contributed by atoms with Crippen LogP contribution in [0.15, 0.2) is 78.9 Å². The predicted molar refractivity (Wildman–Crippen MR) is 125 cm³/mol. The maximum absolute atomic E-state index is 12.8. The summed E-state index contributed by atoms with van der Waals surface area (Å²) in [6.07, 6.45) is 5.40. The fourth-order valence-corrected chi connectivity index (χ4v) is 4.73. The van der Waals surface area contributed by atoms with Gasteiger partial charge in [0.2, 0.25) is 0 Å². The Bertz CT molecular complexity index is 1220. The number of hydrogen-bond donors (Lipinski definition) is 2. The molecular formula is C25H20ClN3O3. The van der Waals surface area contributed by atoms with E-state index in [0.717, 1.165) is 22.7 Å². The first kappa shape index (κ1) is 20.3. The number of nitro groups is 1. The summed E-state index contributed by atoms with van der Waals surface area (Å²) in [4.78, 5) is 23.2. The second-order valence-electron chi connectivity index (χ2n) is 8.09. The SMILES string of the molecule is O=C(Nc1ccc([N+](=O)[O-])cc1)c1ccc2c(c1)[C@@H]1C=CC[C@H]1[C@H](c1ccc(Cl)cc1)N2. The van der Waals surface area contributed by atoms with Gasteiger partial charge in [0.15, 0.2) is 0 Å². The van der Waals surface area contributed by atoms with Gasteiger partial charge in [-0.1, -0.05) is 35.9 Å². The Morgan fingerprint density at radius 3 is 2.53 bits per heavy atom. The fourth-order valence-electron chi connectivity index (χ4n) is 4.61. The van der Waals surface area contributed by atoms with Crippen LogP contribution in [0.2, 0.25) is 5.02 Å². The van der Waals surface area contributed by atoms with E-state index in [2.05, 4.69) is 34.9 Å². The summed E-state index contributed by atoms with van der Waals surface area (Å²) in [5, 5.41) is 18.0. The summed E-state index contributed by atoms with van der Waals surface area (Å²) < 4.78 is 0. The van der Waals surface area contributed by atoms with Crippen LogP contribution < -0.4 is 10.6 Å². The van der Waals surface area contributed by atoms with Gasteiger partial charge in [-0.25, -0.2) is 0 Å². The second-order valence-corrected chi connectivity index (χ2v) is 8.52. The Labute approximate surface area is 190 Å². The van der Waals surface area contributed by atoms with Crippen LogP contribution in [-0.4, -0.2) is 10.8 Å². The highest BCUT2D eigenvalue weighted by atomic mass is 35.5. The molecule has 0 saturated carbocycles. The van der Waals surface area contributed by atoms with E-state index < -0.39 is 4.92 Å². The molecule has 7 heteroatoms. The van der Waals surface area contributed by atoms with Crippen molar-refractivity contribution in [1.29, 1.82) is 0 Å². The summed E-state index contributed by atoms with van der Waals surface area (Å²) in [6, 6.07) is 19.6. The van der Waals surface area contributed by atoms with Crippen LogP contribution in [0.3, 0.4) is 0 Å². The van der Waals surface area contributed by atoms with Crippen molar-refractivity contribution in [3.63, 3.8) is 0 Å². The Hall–Kier alpha value is -3.64. The molecule has 0 bridgehead atoms. The molecule has 5 rings (SSSR count). The lowest BCUT2D eigenvalue weighted by molar-refractivity contribution is -0.384. The van der Waals surface area contributed by atoms with Gasteiger partial charge in [0.1, 0.15) is 0 Å². The van der Waals surface area contributed by atoms with Gasteiger partial charge >= 0.3 is 0 Å². The number of nitro benzene ring substituents is 1. The van der Waals surface area contributed by atoms with E-state index in [1.54, 1.807) is 6.07 Å². The zero-order valence-corrected chi connectivity index (χ0v) is 17.8. The van der Waals surface area contributed by atoms with Gasteiger partial charge in [-0.05, 0) is 65.9 Å². The molecule has 1 amide bonds. The highest BCUT2D eigenvalue weighted by Gasteiger charge is 2.38. The first-order valence-corrected chi connectivity index (χ1v) is 10.8. The predicted octanol–water partition coefficient (Wildman–Crippen LogP) is 6.33. The molecule has 0 unspecified atom stereocenters. The molecule has 0 spiro atoms. The van der Waals surface area contributed by atoms with Crippen LogP contribution in [0.4, 0.5) is 17.1 Å². The van der Waals surface area contributed by atoms with E-state index in [-0.39, 0.29) is 23.6 Å². The lowest BCUT2D eigenvalue weighted by Crippen LogP contribution is -2.29. The average molecular weight is 446 g/mol. The molecule has 1 aliphatic carbocycles. The van der Waals surface area contributed by atoms with Crippen molar-refractivity contribution in [3.05, 3.63) is 111 Å². The number of fused-ring (bicyclic) bond motifs is 3. The van der Waals surface area contributed by atoms with Crippen LogP contribution in [0.5, 0.6) is 0 Å². The molecule has 0 radical (unpaired) electrons. The van der Waals surface area contributed by atoms with Crippen molar-refractivity contribution in [1.82, 2.24) is 0 Å². The molecule has 3 aromatic rings. The van der Waals surface area contributed by atoms with Crippen molar-refractivity contribution in [2.75, 3.05) is 10.6 Å². The Morgan fingerprint density at radius 1 is 1.06 bits per heavy atom. The minimum Gasteiger partial charge on any atom is -0.378 e. The van der Waals surface area contributed by atoms with Crippen molar-refractivity contribution >= 4 is 34.6 Å². The fraction of sp³-hybridized carbons (Fsp3) is 0.160. The number of amides is 1. The summed E-state index contributed by atoms with van der Waals surface area (Å²) in [7, 11) is 0. The summed E-state index contributed by atoms with van der Waals surface area (Å²) in [5.41, 5.74) is 4.36. The third kappa shape index (κ3) is 3.74. The number of benzene rings is 3. The van der Waals surface area contributed by atoms with Gasteiger partial charge < -0.3 is 10.6 Å².